The molecular weight excluding hydrogens is 342 g/mol. The molecule has 1 fully saturated rings. The van der Waals surface area contributed by atoms with Crippen molar-refractivity contribution in [3.63, 3.8) is 0 Å². The van der Waals surface area contributed by atoms with E-state index >= 15 is 0 Å². The van der Waals surface area contributed by atoms with Gasteiger partial charge in [0.2, 0.25) is 10.0 Å². The maximum absolute atomic E-state index is 12.4. The summed E-state index contributed by atoms with van der Waals surface area (Å²) >= 11 is 0. The van der Waals surface area contributed by atoms with Gasteiger partial charge < -0.3 is 10.6 Å². The number of nitrogens with one attached hydrogen (secondary N) is 3. The minimum Gasteiger partial charge on any atom is -0.321 e. The summed E-state index contributed by atoms with van der Waals surface area (Å²) in [6, 6.07) is 8.46. The van der Waals surface area contributed by atoms with Crippen molar-refractivity contribution in [2.45, 2.75) is 18.9 Å². The molecule has 1 atom stereocenters. The van der Waals surface area contributed by atoms with Crippen LogP contribution < -0.4 is 15.4 Å². The van der Waals surface area contributed by atoms with Crippen molar-refractivity contribution in [1.29, 1.82) is 0 Å². The summed E-state index contributed by atoms with van der Waals surface area (Å²) < 4.78 is 26.8. The first-order valence-electron chi connectivity index (χ1n) is 8.06. The van der Waals surface area contributed by atoms with Crippen LogP contribution in [0, 0.1) is 0 Å². The minimum absolute atomic E-state index is 0.262. The quantitative estimate of drug-likeness (QED) is 0.745. The summed E-state index contributed by atoms with van der Waals surface area (Å²) in [7, 11) is -3.37. The summed E-state index contributed by atoms with van der Waals surface area (Å²) in [6.07, 6.45) is 5.01. The Morgan fingerprint density at radius 3 is 2.84 bits per heavy atom. The fraction of sp³-hybridized carbons (Fsp3) is 0.375. The van der Waals surface area contributed by atoms with Gasteiger partial charge in [-0.2, -0.15) is 5.10 Å². The normalized spacial score (nSPS) is 17.9. The third kappa shape index (κ3) is 4.80. The van der Waals surface area contributed by atoms with Gasteiger partial charge in [0.1, 0.15) is 0 Å². The molecule has 1 aromatic heterocycles. The SMILES string of the molecule is CS(=O)(=O)Nc1cccc(NC(=O)c2ccn(C3CCCNC3)n2)c1. The topological polar surface area (TPSA) is 105 Å². The number of hydrogen-bond acceptors (Lipinski definition) is 5. The lowest BCUT2D eigenvalue weighted by molar-refractivity contribution is 0.102. The maximum atomic E-state index is 12.4. The van der Waals surface area contributed by atoms with E-state index in [9.17, 15) is 13.2 Å². The highest BCUT2D eigenvalue weighted by atomic mass is 32.2. The lowest BCUT2D eigenvalue weighted by Gasteiger charge is -2.22. The van der Waals surface area contributed by atoms with E-state index in [1.807, 2.05) is 10.9 Å². The Balaban J connectivity index is 1.68. The second-order valence-electron chi connectivity index (χ2n) is 6.09. The van der Waals surface area contributed by atoms with Gasteiger partial charge in [-0.3, -0.25) is 14.2 Å². The number of nitrogens with zero attached hydrogens (tertiary/aromatic N) is 2. The van der Waals surface area contributed by atoms with E-state index in [1.165, 1.54) is 0 Å². The van der Waals surface area contributed by atoms with Crippen LogP contribution in [0.25, 0.3) is 0 Å². The van der Waals surface area contributed by atoms with Gasteiger partial charge in [-0.05, 0) is 43.7 Å². The third-order valence-corrected chi connectivity index (χ3v) is 4.52. The summed E-state index contributed by atoms with van der Waals surface area (Å²) in [4.78, 5) is 12.4. The second kappa shape index (κ2) is 7.24. The number of rotatable bonds is 5. The standard InChI is InChI=1S/C16H21N5O3S/c1-25(23,24)20-13-5-2-4-12(10-13)18-16(22)15-7-9-21(19-15)14-6-3-8-17-11-14/h2,4-5,7,9-10,14,17,20H,3,6,8,11H2,1H3,(H,18,22). The number of hydrogen-bond donors (Lipinski definition) is 3. The number of piperidine rings is 1. The van der Waals surface area contributed by atoms with E-state index < -0.39 is 10.0 Å². The zero-order valence-corrected chi connectivity index (χ0v) is 14.7. The zero-order chi connectivity index (χ0) is 17.9. The van der Waals surface area contributed by atoms with Crippen LogP contribution in [0.2, 0.25) is 0 Å². The van der Waals surface area contributed by atoms with E-state index in [-0.39, 0.29) is 11.9 Å². The van der Waals surface area contributed by atoms with E-state index in [2.05, 4.69) is 20.5 Å². The Labute approximate surface area is 146 Å². The van der Waals surface area contributed by atoms with E-state index in [1.54, 1.807) is 30.3 Å². The number of carbonyl (C=O) groups excluding carboxylic acids is 1. The monoisotopic (exact) mass is 363 g/mol. The van der Waals surface area contributed by atoms with Crippen molar-refractivity contribution in [3.8, 4) is 0 Å². The van der Waals surface area contributed by atoms with Gasteiger partial charge in [0.05, 0.1) is 18.0 Å². The van der Waals surface area contributed by atoms with Crippen molar-refractivity contribution >= 4 is 27.3 Å². The van der Waals surface area contributed by atoms with Crippen LogP contribution in [0.4, 0.5) is 11.4 Å². The molecule has 1 aromatic carbocycles. The van der Waals surface area contributed by atoms with Gasteiger partial charge >= 0.3 is 0 Å². The predicted molar refractivity (Wildman–Crippen MR) is 96.2 cm³/mol. The van der Waals surface area contributed by atoms with Crippen LogP contribution in [-0.4, -0.2) is 43.5 Å². The lowest BCUT2D eigenvalue weighted by atomic mass is 10.1. The molecule has 8 nitrogen and oxygen atoms in total. The molecule has 1 aliphatic heterocycles. The fourth-order valence-electron chi connectivity index (χ4n) is 2.79. The highest BCUT2D eigenvalue weighted by Gasteiger charge is 2.17. The summed E-state index contributed by atoms with van der Waals surface area (Å²) in [5, 5.41) is 10.4. The first-order chi connectivity index (χ1) is 11.9. The van der Waals surface area contributed by atoms with Crippen molar-refractivity contribution in [2.75, 3.05) is 29.4 Å². The Hall–Kier alpha value is -2.39. The molecule has 0 radical (unpaired) electrons. The van der Waals surface area contributed by atoms with E-state index in [0.29, 0.717) is 17.1 Å². The second-order valence-corrected chi connectivity index (χ2v) is 7.84. The Bertz CT molecular complexity index is 856. The van der Waals surface area contributed by atoms with Gasteiger partial charge in [0, 0.05) is 18.4 Å². The van der Waals surface area contributed by atoms with Crippen LogP contribution in [0.1, 0.15) is 29.4 Å². The van der Waals surface area contributed by atoms with Gasteiger partial charge in [0.25, 0.3) is 5.91 Å². The van der Waals surface area contributed by atoms with Crippen molar-refractivity contribution < 1.29 is 13.2 Å². The van der Waals surface area contributed by atoms with E-state index in [4.69, 9.17) is 0 Å². The molecule has 0 spiro atoms. The molecule has 2 aromatic rings. The average molecular weight is 363 g/mol. The molecule has 1 aliphatic rings. The van der Waals surface area contributed by atoms with Crippen LogP contribution >= 0.6 is 0 Å². The first-order valence-corrected chi connectivity index (χ1v) is 9.95. The van der Waals surface area contributed by atoms with Crippen molar-refractivity contribution in [1.82, 2.24) is 15.1 Å². The molecule has 3 N–H and O–H groups in total. The third-order valence-electron chi connectivity index (χ3n) is 3.91. The van der Waals surface area contributed by atoms with Crippen LogP contribution in [0.5, 0.6) is 0 Å². The Morgan fingerprint density at radius 2 is 2.12 bits per heavy atom. The number of aromatic nitrogens is 2. The number of sulfonamides is 1. The molecule has 1 saturated heterocycles. The lowest BCUT2D eigenvalue weighted by Crippen LogP contribution is -2.32. The summed E-state index contributed by atoms with van der Waals surface area (Å²) in [6.45, 7) is 1.87. The number of benzene rings is 1. The van der Waals surface area contributed by atoms with Gasteiger partial charge in [0.15, 0.2) is 5.69 Å². The van der Waals surface area contributed by atoms with Gasteiger partial charge in [-0.25, -0.2) is 8.42 Å². The van der Waals surface area contributed by atoms with Gasteiger partial charge in [-0.15, -0.1) is 0 Å². The minimum atomic E-state index is -3.37. The molecular formula is C16H21N5O3S. The molecule has 1 unspecified atom stereocenters. The van der Waals surface area contributed by atoms with Crippen LogP contribution in [0.15, 0.2) is 36.5 Å². The molecule has 3 rings (SSSR count). The van der Waals surface area contributed by atoms with Crippen molar-refractivity contribution in [2.24, 2.45) is 0 Å². The fourth-order valence-corrected chi connectivity index (χ4v) is 3.35. The van der Waals surface area contributed by atoms with Gasteiger partial charge in [-0.1, -0.05) is 6.07 Å². The molecule has 0 bridgehead atoms. The van der Waals surface area contributed by atoms with E-state index in [0.717, 1.165) is 32.2 Å². The smallest absolute Gasteiger partial charge is 0.276 e. The number of amides is 1. The zero-order valence-electron chi connectivity index (χ0n) is 13.9. The largest absolute Gasteiger partial charge is 0.321 e. The highest BCUT2D eigenvalue weighted by molar-refractivity contribution is 7.92. The first kappa shape index (κ1) is 17.4. The number of anilines is 2. The Kier molecular flexibility index (Phi) is 5.05. The van der Waals surface area contributed by atoms with Crippen LogP contribution in [-0.2, 0) is 10.0 Å². The molecule has 1 amide bonds. The molecule has 2 heterocycles. The van der Waals surface area contributed by atoms with Crippen molar-refractivity contribution in [3.05, 3.63) is 42.2 Å². The number of carbonyl (C=O) groups is 1. The summed E-state index contributed by atoms with van der Waals surface area (Å²) in [5.74, 6) is -0.334. The summed E-state index contributed by atoms with van der Waals surface area (Å²) in [5.41, 5.74) is 1.21. The predicted octanol–water partition coefficient (Wildman–Crippen LogP) is 1.43. The molecule has 0 aliphatic carbocycles. The Morgan fingerprint density at radius 1 is 1.32 bits per heavy atom. The molecule has 134 valence electrons. The molecule has 9 heteroatoms. The highest BCUT2D eigenvalue weighted by Crippen LogP contribution is 2.18. The maximum Gasteiger partial charge on any atom is 0.276 e. The molecule has 25 heavy (non-hydrogen) atoms. The molecule has 0 saturated carbocycles. The average Bonchev–Trinajstić information content (AvgIpc) is 3.04. The van der Waals surface area contributed by atoms with Crippen LogP contribution in [0.3, 0.4) is 0 Å².